The van der Waals surface area contributed by atoms with Crippen molar-refractivity contribution in [1.82, 2.24) is 25.4 Å². The fourth-order valence-corrected chi connectivity index (χ4v) is 9.06. The third-order valence-corrected chi connectivity index (χ3v) is 12.1. The van der Waals surface area contributed by atoms with Gasteiger partial charge in [-0.2, -0.15) is 0 Å². The summed E-state index contributed by atoms with van der Waals surface area (Å²) in [4.78, 5) is 87.7. The average Bonchev–Trinajstić information content (AvgIpc) is 3.21. The van der Waals surface area contributed by atoms with Crippen molar-refractivity contribution in [3.8, 4) is 11.3 Å². The number of carbonyl (C=O) groups excluding carboxylic acids is 4. The Labute approximate surface area is 325 Å². The maximum Gasteiger partial charge on any atom is 0.352 e. The summed E-state index contributed by atoms with van der Waals surface area (Å²) in [6.45, 7) is 3.82. The number of thioether (sulfide) groups is 2. The van der Waals surface area contributed by atoms with Gasteiger partial charge in [0.1, 0.15) is 28.7 Å². The lowest BCUT2D eigenvalue weighted by atomic mass is 10.0. The predicted octanol–water partition coefficient (Wildman–Crippen LogP) is 3.58. The SMILES string of the molecule is CN1CCN(c2ccc(-c3ccc(C(=O)NC(C(=O)NC4C(=O)N5C(C(=O)O)=C(CSC(=O)c6ccccc6)CS[C@@H]45)c4ccccc4)c(=O)[nH]3)cc2)CC1. The molecule has 2 saturated heterocycles. The molecule has 7 rings (SSSR count). The van der Waals surface area contributed by atoms with Gasteiger partial charge < -0.3 is 30.5 Å². The minimum atomic E-state index is -1.31. The normalized spacial score (nSPS) is 18.9. The summed E-state index contributed by atoms with van der Waals surface area (Å²) in [7, 11) is 2.10. The maximum atomic E-state index is 13.8. The molecule has 0 aliphatic carbocycles. The largest absolute Gasteiger partial charge is 0.477 e. The van der Waals surface area contributed by atoms with E-state index in [-0.39, 0.29) is 27.9 Å². The second-order valence-corrected chi connectivity index (χ2v) is 15.4. The van der Waals surface area contributed by atoms with Crippen molar-refractivity contribution in [1.29, 1.82) is 0 Å². The molecule has 3 aromatic carbocycles. The first-order valence-electron chi connectivity index (χ1n) is 17.6. The number of likely N-dealkylation sites (N-methyl/N-ethyl adjacent to an activating group) is 1. The van der Waals surface area contributed by atoms with Crippen LogP contribution in [0.2, 0.25) is 0 Å². The third-order valence-electron chi connectivity index (χ3n) is 9.81. The van der Waals surface area contributed by atoms with Gasteiger partial charge in [0.25, 0.3) is 17.4 Å². The minimum Gasteiger partial charge on any atom is -0.477 e. The van der Waals surface area contributed by atoms with Crippen LogP contribution in [-0.4, -0.2) is 105 Å². The van der Waals surface area contributed by atoms with Crippen molar-refractivity contribution >= 4 is 58.0 Å². The van der Waals surface area contributed by atoms with Crippen LogP contribution >= 0.6 is 23.5 Å². The fourth-order valence-electron chi connectivity index (χ4n) is 6.73. The van der Waals surface area contributed by atoms with Gasteiger partial charge in [0, 0.05) is 54.6 Å². The van der Waals surface area contributed by atoms with Crippen LogP contribution in [0.3, 0.4) is 0 Å². The quantitative estimate of drug-likeness (QED) is 0.164. The Kier molecular flexibility index (Phi) is 11.2. The summed E-state index contributed by atoms with van der Waals surface area (Å²) in [6.07, 6.45) is 0. The number of rotatable bonds is 11. The van der Waals surface area contributed by atoms with Crippen molar-refractivity contribution < 1.29 is 29.1 Å². The van der Waals surface area contributed by atoms with E-state index in [2.05, 4.69) is 32.5 Å². The lowest BCUT2D eigenvalue weighted by Crippen LogP contribution is -2.71. The van der Waals surface area contributed by atoms with Crippen LogP contribution in [-0.2, 0) is 14.4 Å². The molecule has 15 heteroatoms. The number of benzene rings is 3. The van der Waals surface area contributed by atoms with E-state index in [1.165, 1.54) is 17.8 Å². The summed E-state index contributed by atoms with van der Waals surface area (Å²) >= 11 is 2.24. The molecule has 0 saturated carbocycles. The lowest BCUT2D eigenvalue weighted by Gasteiger charge is -2.49. The zero-order valence-corrected chi connectivity index (χ0v) is 31.4. The van der Waals surface area contributed by atoms with E-state index in [0.29, 0.717) is 22.4 Å². The number of H-pyrrole nitrogens is 1. The number of nitrogens with zero attached hydrogens (tertiary/aromatic N) is 3. The van der Waals surface area contributed by atoms with Crippen molar-refractivity contribution in [2.45, 2.75) is 17.5 Å². The number of carboxylic acids is 1. The van der Waals surface area contributed by atoms with Gasteiger partial charge in [0.05, 0.1) is 0 Å². The van der Waals surface area contributed by atoms with E-state index >= 15 is 0 Å². The second-order valence-electron chi connectivity index (χ2n) is 13.4. The van der Waals surface area contributed by atoms with Gasteiger partial charge in [0.2, 0.25) is 11.0 Å². The van der Waals surface area contributed by atoms with E-state index in [1.807, 2.05) is 24.3 Å². The molecule has 2 fully saturated rings. The molecule has 13 nitrogen and oxygen atoms in total. The van der Waals surface area contributed by atoms with Crippen LogP contribution < -0.4 is 21.1 Å². The molecule has 4 aromatic rings. The number of aromatic amines is 1. The molecule has 3 aliphatic heterocycles. The Morgan fingerprint density at radius 3 is 2.22 bits per heavy atom. The van der Waals surface area contributed by atoms with Gasteiger partial charge in [-0.05, 0) is 48.0 Å². The van der Waals surface area contributed by atoms with Crippen LogP contribution in [0.15, 0.2) is 113 Å². The smallest absolute Gasteiger partial charge is 0.352 e. The van der Waals surface area contributed by atoms with Crippen molar-refractivity contribution in [3.63, 3.8) is 0 Å². The predicted molar refractivity (Wildman–Crippen MR) is 212 cm³/mol. The Bertz CT molecular complexity index is 2210. The molecule has 0 bridgehead atoms. The molecule has 2 unspecified atom stereocenters. The van der Waals surface area contributed by atoms with Crippen molar-refractivity contribution in [3.05, 3.63) is 135 Å². The standard InChI is InChI=1S/C40H38N6O7S2/c1-44-18-20-45(21-19-44)28-14-12-24(13-15-28)30-17-16-29(34(47)41-30)35(48)42-31(25-8-4-2-5-9-25)36(49)43-32-37(50)46-33(39(51)52)27(22-54-38(32)46)23-55-40(53)26-10-6-3-7-11-26/h2-17,31-32,38H,18-23H2,1H3,(H,41,47)(H,42,48)(H,43,49)(H,51,52)/t31?,32?,38-/m0/s1. The number of carbonyl (C=O) groups is 5. The fraction of sp³-hybridized carbons (Fsp3) is 0.250. The first-order valence-corrected chi connectivity index (χ1v) is 19.7. The Balaban J connectivity index is 1.03. The lowest BCUT2D eigenvalue weighted by molar-refractivity contribution is -0.151. The molecule has 0 radical (unpaired) electrons. The number of nitrogens with one attached hydrogen (secondary N) is 3. The molecule has 3 atom stereocenters. The molecular weight excluding hydrogens is 741 g/mol. The Morgan fingerprint density at radius 1 is 0.891 bits per heavy atom. The number of amides is 3. The number of anilines is 1. The minimum absolute atomic E-state index is 0.0846. The third kappa shape index (κ3) is 8.09. The molecule has 282 valence electrons. The topological polar surface area (TPSA) is 172 Å². The molecule has 3 aliphatic rings. The van der Waals surface area contributed by atoms with Gasteiger partial charge in [-0.3, -0.25) is 28.9 Å². The second kappa shape index (κ2) is 16.4. The molecule has 1 aromatic heterocycles. The van der Waals surface area contributed by atoms with Gasteiger partial charge in [-0.25, -0.2) is 4.79 Å². The number of β-lactam (4-membered cyclic amide) rings is 1. The first kappa shape index (κ1) is 37.7. The summed E-state index contributed by atoms with van der Waals surface area (Å²) in [5.74, 6) is -3.11. The van der Waals surface area contributed by atoms with Crippen LogP contribution in [0.25, 0.3) is 11.3 Å². The molecule has 55 heavy (non-hydrogen) atoms. The number of fused-ring (bicyclic) bond motifs is 1. The van der Waals surface area contributed by atoms with Gasteiger partial charge in [0.15, 0.2) is 0 Å². The molecular formula is C40H38N6O7S2. The van der Waals surface area contributed by atoms with E-state index in [4.69, 9.17) is 0 Å². The number of aromatic nitrogens is 1. The molecule has 4 heterocycles. The number of pyridine rings is 1. The highest BCUT2D eigenvalue weighted by Gasteiger charge is 2.54. The summed E-state index contributed by atoms with van der Waals surface area (Å²) in [5.41, 5.74) is 2.68. The summed E-state index contributed by atoms with van der Waals surface area (Å²) < 4.78 is 0. The van der Waals surface area contributed by atoms with Crippen LogP contribution in [0.5, 0.6) is 0 Å². The zero-order chi connectivity index (χ0) is 38.6. The van der Waals surface area contributed by atoms with Gasteiger partial charge in [-0.1, -0.05) is 84.6 Å². The van der Waals surface area contributed by atoms with Crippen LogP contribution in [0, 0.1) is 0 Å². The maximum absolute atomic E-state index is 13.8. The van der Waals surface area contributed by atoms with Crippen molar-refractivity contribution in [2.75, 3.05) is 49.6 Å². The van der Waals surface area contributed by atoms with E-state index in [9.17, 15) is 33.9 Å². The monoisotopic (exact) mass is 778 g/mol. The summed E-state index contributed by atoms with van der Waals surface area (Å²) in [5, 5.41) is 14.5. The van der Waals surface area contributed by atoms with Crippen LogP contribution in [0.4, 0.5) is 5.69 Å². The van der Waals surface area contributed by atoms with Gasteiger partial charge in [-0.15, -0.1) is 11.8 Å². The molecule has 0 spiro atoms. The highest BCUT2D eigenvalue weighted by atomic mass is 32.2. The highest BCUT2D eigenvalue weighted by molar-refractivity contribution is 8.14. The zero-order valence-electron chi connectivity index (χ0n) is 29.8. The number of hydrogen-bond acceptors (Lipinski definition) is 10. The van der Waals surface area contributed by atoms with E-state index in [1.54, 1.807) is 66.7 Å². The average molecular weight is 779 g/mol. The number of piperazine rings is 1. The van der Waals surface area contributed by atoms with Crippen molar-refractivity contribution in [2.24, 2.45) is 0 Å². The van der Waals surface area contributed by atoms with Crippen LogP contribution in [0.1, 0.15) is 32.3 Å². The molecule has 3 amide bonds. The Hall–Kier alpha value is -5.64. The highest BCUT2D eigenvalue weighted by Crippen LogP contribution is 2.41. The first-order chi connectivity index (χ1) is 26.6. The summed E-state index contributed by atoms with van der Waals surface area (Å²) in [6, 6.07) is 25.6. The number of aliphatic carboxylic acids is 1. The van der Waals surface area contributed by atoms with E-state index < -0.39 is 46.7 Å². The van der Waals surface area contributed by atoms with E-state index in [0.717, 1.165) is 54.1 Å². The number of carboxylic acid groups (broad SMARTS) is 1. The Morgan fingerprint density at radius 2 is 1.56 bits per heavy atom. The molecule has 4 N–H and O–H groups in total. The number of hydrogen-bond donors (Lipinski definition) is 4. The van der Waals surface area contributed by atoms with Gasteiger partial charge >= 0.3 is 5.97 Å².